The Hall–Kier alpha value is -3.76. The predicted molar refractivity (Wildman–Crippen MR) is 158 cm³/mol. The SMILES string of the molecule is C/C(=C\N=CC(C)C)C1(O)c2cccc(c2)C(C)CCCc2cccc(c2)-c2cc(=O)[nH]c3ccc1cc23. The van der Waals surface area contributed by atoms with Crippen LogP contribution >= 0.6 is 0 Å². The molecule has 0 saturated heterocycles. The number of benzene rings is 3. The molecule has 2 atom stereocenters. The number of rotatable bonds is 3. The Morgan fingerprint density at radius 3 is 2.66 bits per heavy atom. The fraction of sp³-hybridized carbons (Fsp3) is 0.294. The summed E-state index contributed by atoms with van der Waals surface area (Å²) in [7, 11) is 0. The summed E-state index contributed by atoms with van der Waals surface area (Å²) in [6.45, 7) is 8.35. The number of aliphatic hydroxyl groups is 1. The first-order valence-electron chi connectivity index (χ1n) is 13.6. The molecule has 4 heteroatoms. The maximum Gasteiger partial charge on any atom is 0.249 e. The molecule has 0 aliphatic heterocycles. The summed E-state index contributed by atoms with van der Waals surface area (Å²) in [4.78, 5) is 20.1. The Bertz CT molecular complexity index is 1590. The van der Waals surface area contributed by atoms with Gasteiger partial charge in [0.25, 0.3) is 0 Å². The average molecular weight is 505 g/mol. The molecule has 3 aromatic carbocycles. The number of aliphatic imine (C=N–C) groups is 1. The molecule has 4 nitrogen and oxygen atoms in total. The third kappa shape index (κ3) is 5.01. The van der Waals surface area contributed by atoms with Crippen LogP contribution in [0.5, 0.6) is 0 Å². The van der Waals surface area contributed by atoms with E-state index in [9.17, 15) is 9.90 Å². The molecule has 0 amide bonds. The van der Waals surface area contributed by atoms with Crippen LogP contribution < -0.4 is 5.56 Å². The maximum absolute atomic E-state index is 12.6. The lowest BCUT2D eigenvalue weighted by Crippen LogP contribution is -2.29. The standard InChI is InChI=1S/C34H36N2O2/c1-22(2)20-35-21-24(4)34(38)28-13-7-11-26(17-28)23(3)8-5-9-25-10-6-12-27(16-25)30-19-33(37)36-32-15-14-29(34)18-31(30)32/h6-7,10-23,38H,5,8-9H2,1-4H3,(H,36,37)/b24-21+,35-20?. The normalized spacial score (nSPS) is 20.2. The van der Waals surface area contributed by atoms with E-state index in [2.05, 4.69) is 67.1 Å². The van der Waals surface area contributed by atoms with Gasteiger partial charge in [-0.05, 0) is 89.1 Å². The summed E-state index contributed by atoms with van der Waals surface area (Å²) >= 11 is 0. The van der Waals surface area contributed by atoms with E-state index in [1.54, 1.807) is 12.3 Å². The van der Waals surface area contributed by atoms with Gasteiger partial charge in [0.15, 0.2) is 0 Å². The van der Waals surface area contributed by atoms with Gasteiger partial charge >= 0.3 is 0 Å². The van der Waals surface area contributed by atoms with Gasteiger partial charge in [-0.3, -0.25) is 9.79 Å². The quantitative estimate of drug-likeness (QED) is 0.284. The van der Waals surface area contributed by atoms with E-state index in [1.165, 1.54) is 11.1 Å². The fourth-order valence-corrected chi connectivity index (χ4v) is 5.50. The van der Waals surface area contributed by atoms with Crippen LogP contribution in [0.1, 0.15) is 68.7 Å². The molecule has 2 N–H and O–H groups in total. The summed E-state index contributed by atoms with van der Waals surface area (Å²) in [6.07, 6.45) is 6.73. The molecule has 5 rings (SSSR count). The number of pyridine rings is 1. The van der Waals surface area contributed by atoms with Crippen LogP contribution in [-0.4, -0.2) is 16.3 Å². The van der Waals surface area contributed by atoms with Crippen molar-refractivity contribution in [2.24, 2.45) is 10.9 Å². The molecule has 1 aromatic heterocycles. The monoisotopic (exact) mass is 504 g/mol. The highest BCUT2D eigenvalue weighted by molar-refractivity contribution is 5.95. The second-order valence-electron chi connectivity index (χ2n) is 11.0. The van der Waals surface area contributed by atoms with Crippen LogP contribution in [0.3, 0.4) is 0 Å². The zero-order valence-electron chi connectivity index (χ0n) is 22.7. The average Bonchev–Trinajstić information content (AvgIpc) is 2.91. The lowest BCUT2D eigenvalue weighted by molar-refractivity contribution is 0.121. The van der Waals surface area contributed by atoms with Gasteiger partial charge in [-0.1, -0.05) is 75.4 Å². The molecule has 6 bridgehead atoms. The van der Waals surface area contributed by atoms with Gasteiger partial charge in [0.05, 0.1) is 0 Å². The zero-order chi connectivity index (χ0) is 26.9. The van der Waals surface area contributed by atoms with Crippen molar-refractivity contribution in [3.8, 4) is 11.1 Å². The molecule has 38 heavy (non-hydrogen) atoms. The molecule has 1 aliphatic rings. The van der Waals surface area contributed by atoms with E-state index in [-0.39, 0.29) is 5.56 Å². The number of hydrogen-bond donors (Lipinski definition) is 2. The lowest BCUT2D eigenvalue weighted by Gasteiger charge is -2.31. The van der Waals surface area contributed by atoms with Crippen molar-refractivity contribution in [1.29, 1.82) is 0 Å². The first-order valence-corrected chi connectivity index (χ1v) is 13.6. The van der Waals surface area contributed by atoms with Gasteiger partial charge in [0.1, 0.15) is 5.60 Å². The van der Waals surface area contributed by atoms with Crippen molar-refractivity contribution in [2.45, 2.75) is 58.5 Å². The largest absolute Gasteiger partial charge is 0.376 e. The second kappa shape index (κ2) is 10.5. The minimum absolute atomic E-state index is 0.139. The van der Waals surface area contributed by atoms with E-state index in [1.807, 2.05) is 43.5 Å². The minimum Gasteiger partial charge on any atom is -0.376 e. The third-order valence-electron chi connectivity index (χ3n) is 7.70. The summed E-state index contributed by atoms with van der Waals surface area (Å²) in [5.74, 6) is 0.662. The molecule has 4 aromatic rings. The highest BCUT2D eigenvalue weighted by Crippen LogP contribution is 2.40. The molecule has 0 saturated carbocycles. The number of H-pyrrole nitrogens is 1. The topological polar surface area (TPSA) is 65.5 Å². The smallest absolute Gasteiger partial charge is 0.249 e. The molecular formula is C34H36N2O2. The first kappa shape index (κ1) is 25.9. The van der Waals surface area contributed by atoms with E-state index in [0.29, 0.717) is 11.8 Å². The van der Waals surface area contributed by atoms with Crippen LogP contribution in [0.15, 0.2) is 94.4 Å². The van der Waals surface area contributed by atoms with Crippen LogP contribution in [0.2, 0.25) is 0 Å². The van der Waals surface area contributed by atoms with Gasteiger partial charge < -0.3 is 10.1 Å². The molecule has 0 spiro atoms. The number of aromatic amines is 1. The van der Waals surface area contributed by atoms with Crippen molar-refractivity contribution >= 4 is 17.1 Å². The van der Waals surface area contributed by atoms with E-state index < -0.39 is 5.60 Å². The van der Waals surface area contributed by atoms with Gasteiger partial charge in [-0.2, -0.15) is 0 Å². The van der Waals surface area contributed by atoms with Gasteiger partial charge in [-0.15, -0.1) is 0 Å². The highest BCUT2D eigenvalue weighted by Gasteiger charge is 2.34. The first-order chi connectivity index (χ1) is 18.3. The molecule has 1 aliphatic carbocycles. The predicted octanol–water partition coefficient (Wildman–Crippen LogP) is 7.50. The summed E-state index contributed by atoms with van der Waals surface area (Å²) in [6, 6.07) is 24.3. The molecule has 0 fully saturated rings. The molecule has 194 valence electrons. The number of aromatic nitrogens is 1. The minimum atomic E-state index is -1.40. The van der Waals surface area contributed by atoms with Crippen molar-refractivity contribution in [1.82, 2.24) is 4.98 Å². The van der Waals surface area contributed by atoms with E-state index in [0.717, 1.165) is 58.0 Å². The number of fused-ring (bicyclic) bond motifs is 6. The van der Waals surface area contributed by atoms with Crippen LogP contribution in [0, 0.1) is 5.92 Å². The third-order valence-corrected chi connectivity index (χ3v) is 7.70. The van der Waals surface area contributed by atoms with E-state index in [4.69, 9.17) is 0 Å². The van der Waals surface area contributed by atoms with Crippen molar-refractivity contribution < 1.29 is 5.11 Å². The van der Waals surface area contributed by atoms with Crippen molar-refractivity contribution in [3.05, 3.63) is 117 Å². The molecule has 2 unspecified atom stereocenters. The zero-order valence-corrected chi connectivity index (χ0v) is 22.7. The van der Waals surface area contributed by atoms with Crippen LogP contribution in [0.4, 0.5) is 0 Å². The molecular weight excluding hydrogens is 468 g/mol. The molecule has 1 heterocycles. The van der Waals surface area contributed by atoms with Crippen molar-refractivity contribution in [3.63, 3.8) is 0 Å². The van der Waals surface area contributed by atoms with Crippen molar-refractivity contribution in [2.75, 3.05) is 0 Å². The fourth-order valence-electron chi connectivity index (χ4n) is 5.50. The molecule has 0 radical (unpaired) electrons. The number of nitrogens with zero attached hydrogens (tertiary/aromatic N) is 1. The Labute approximate surface area is 224 Å². The summed E-state index contributed by atoms with van der Waals surface area (Å²) in [5.41, 5.74) is 5.86. The van der Waals surface area contributed by atoms with E-state index >= 15 is 0 Å². The van der Waals surface area contributed by atoms with Crippen LogP contribution in [-0.2, 0) is 12.0 Å². The Balaban J connectivity index is 1.82. The number of hydrogen-bond acceptors (Lipinski definition) is 3. The number of nitrogens with one attached hydrogen (secondary N) is 1. The highest BCUT2D eigenvalue weighted by atomic mass is 16.3. The maximum atomic E-state index is 12.6. The van der Waals surface area contributed by atoms with Gasteiger partial charge in [-0.25, -0.2) is 0 Å². The van der Waals surface area contributed by atoms with Crippen LogP contribution in [0.25, 0.3) is 22.0 Å². The Morgan fingerprint density at radius 1 is 1.05 bits per heavy atom. The second-order valence-corrected chi connectivity index (χ2v) is 11.0. The Morgan fingerprint density at radius 2 is 1.84 bits per heavy atom. The summed E-state index contributed by atoms with van der Waals surface area (Å²) < 4.78 is 0. The summed E-state index contributed by atoms with van der Waals surface area (Å²) in [5, 5.41) is 13.5. The van der Waals surface area contributed by atoms with Gasteiger partial charge in [0, 0.05) is 29.4 Å². The lowest BCUT2D eigenvalue weighted by atomic mass is 9.79. The Kier molecular flexibility index (Phi) is 7.18. The van der Waals surface area contributed by atoms with Gasteiger partial charge in [0.2, 0.25) is 5.56 Å². The number of aryl methyl sites for hydroxylation is 1.